The molecule has 7 heteroatoms. The first-order valence-corrected chi connectivity index (χ1v) is 14.3. The van der Waals surface area contributed by atoms with Gasteiger partial charge in [0, 0.05) is 36.4 Å². The molecule has 3 aromatic rings. The monoisotopic (exact) mass is 532 g/mol. The van der Waals surface area contributed by atoms with Gasteiger partial charge in [-0.2, -0.15) is 5.26 Å². The smallest absolute Gasteiger partial charge is 0.159 e. The molecule has 2 heterocycles. The van der Waals surface area contributed by atoms with Crippen molar-refractivity contribution in [2.45, 2.75) is 93.2 Å². The van der Waals surface area contributed by atoms with Gasteiger partial charge in [-0.3, -0.25) is 0 Å². The van der Waals surface area contributed by atoms with Crippen molar-refractivity contribution in [1.82, 2.24) is 19.9 Å². The Kier molecular flexibility index (Phi) is 12.5. The Morgan fingerprint density at radius 1 is 1.13 bits per heavy atom. The minimum Gasteiger partial charge on any atom is -0.381 e. The summed E-state index contributed by atoms with van der Waals surface area (Å²) in [6.45, 7) is 24.5. The third kappa shape index (κ3) is 8.83. The predicted molar refractivity (Wildman–Crippen MR) is 165 cm³/mol. The van der Waals surface area contributed by atoms with Crippen LogP contribution in [0, 0.1) is 16.7 Å². The highest BCUT2D eigenvalue weighted by atomic mass is 16.5. The van der Waals surface area contributed by atoms with Crippen LogP contribution in [0.3, 0.4) is 0 Å². The topological polar surface area (TPSA) is 87.8 Å². The average Bonchev–Trinajstić information content (AvgIpc) is 3.27. The average molecular weight is 533 g/mol. The number of nitrogens with zero attached hydrogens (tertiary/aromatic N) is 4. The van der Waals surface area contributed by atoms with E-state index in [2.05, 4.69) is 68.2 Å². The number of pyridine rings is 1. The Labute approximate surface area is 235 Å². The van der Waals surface area contributed by atoms with Gasteiger partial charge in [0.2, 0.25) is 0 Å². The van der Waals surface area contributed by atoms with Crippen LogP contribution in [0.2, 0.25) is 0 Å². The summed E-state index contributed by atoms with van der Waals surface area (Å²) < 4.78 is 7.97. The quantitative estimate of drug-likeness (QED) is 0.221. The first-order chi connectivity index (χ1) is 18.6. The van der Waals surface area contributed by atoms with Gasteiger partial charge in [-0.25, -0.2) is 9.97 Å². The molecule has 0 radical (unpaired) electrons. The van der Waals surface area contributed by atoms with Gasteiger partial charge < -0.3 is 19.9 Å². The van der Waals surface area contributed by atoms with Gasteiger partial charge in [-0.1, -0.05) is 71.9 Å². The number of rotatable bonds is 14. The van der Waals surface area contributed by atoms with E-state index in [1.807, 2.05) is 39.0 Å². The molecule has 0 aliphatic carbocycles. The highest BCUT2D eigenvalue weighted by Gasteiger charge is 2.24. The number of imidazole rings is 1. The maximum atomic E-state index is 9.77. The number of fused-ring (bicyclic) bond motifs is 3. The first-order valence-electron chi connectivity index (χ1n) is 14.3. The molecule has 1 unspecified atom stereocenters. The number of aromatic nitrogens is 3. The summed E-state index contributed by atoms with van der Waals surface area (Å²) in [6, 6.07) is 10.5. The van der Waals surface area contributed by atoms with Crippen LogP contribution in [0.4, 0.5) is 5.82 Å². The molecule has 1 atom stereocenters. The minimum atomic E-state index is -0.531. The van der Waals surface area contributed by atoms with Crippen molar-refractivity contribution >= 4 is 27.8 Å². The fourth-order valence-corrected chi connectivity index (χ4v) is 4.07. The Morgan fingerprint density at radius 2 is 1.82 bits per heavy atom. The van der Waals surface area contributed by atoms with Crippen molar-refractivity contribution in [3.05, 3.63) is 54.6 Å². The Hall–Kier alpha value is -3.37. The zero-order valence-electron chi connectivity index (χ0n) is 25.2. The summed E-state index contributed by atoms with van der Waals surface area (Å²) in [5.74, 6) is 1.65. The van der Waals surface area contributed by atoms with Crippen LogP contribution in [-0.4, -0.2) is 33.8 Å². The number of nitriles is 1. The summed E-state index contributed by atoms with van der Waals surface area (Å²) in [4.78, 5) is 9.97. The molecular formula is C32H48N6O. The molecule has 2 aromatic heterocycles. The third-order valence-corrected chi connectivity index (χ3v) is 6.16. The van der Waals surface area contributed by atoms with Crippen LogP contribution < -0.4 is 10.6 Å². The molecule has 0 saturated carbocycles. The summed E-state index contributed by atoms with van der Waals surface area (Å²) in [5.41, 5.74) is 3.71. The number of anilines is 1. The normalized spacial score (nSPS) is 11.9. The third-order valence-electron chi connectivity index (χ3n) is 6.16. The second kappa shape index (κ2) is 15.3. The van der Waals surface area contributed by atoms with E-state index in [9.17, 15) is 5.26 Å². The van der Waals surface area contributed by atoms with Gasteiger partial charge in [-0.15, -0.1) is 0 Å². The number of benzene rings is 1. The van der Waals surface area contributed by atoms with Gasteiger partial charge in [0.15, 0.2) is 5.82 Å². The lowest BCUT2D eigenvalue weighted by molar-refractivity contribution is 0.0864. The SMILES string of the molecule is C=C(CNC(=C)C(C)OCCC)Nc1nc2ccccc2c2c1nc(CCCC)n2CC(C)(C)C#N.CCC. The van der Waals surface area contributed by atoms with Crippen LogP contribution in [0.5, 0.6) is 0 Å². The highest BCUT2D eigenvalue weighted by molar-refractivity contribution is 6.07. The van der Waals surface area contributed by atoms with Gasteiger partial charge in [0.1, 0.15) is 11.3 Å². The summed E-state index contributed by atoms with van der Waals surface area (Å²) >= 11 is 0. The van der Waals surface area contributed by atoms with Crippen LogP contribution in [0.15, 0.2) is 48.8 Å². The Balaban J connectivity index is 0.00000170. The van der Waals surface area contributed by atoms with Crippen molar-refractivity contribution in [3.63, 3.8) is 0 Å². The zero-order chi connectivity index (χ0) is 29.0. The van der Waals surface area contributed by atoms with Crippen molar-refractivity contribution in [3.8, 4) is 6.07 Å². The number of hydrogen-bond acceptors (Lipinski definition) is 6. The summed E-state index contributed by atoms with van der Waals surface area (Å²) in [5, 5.41) is 17.5. The molecule has 0 spiro atoms. The molecule has 0 fully saturated rings. The van der Waals surface area contributed by atoms with E-state index in [-0.39, 0.29) is 6.10 Å². The van der Waals surface area contributed by atoms with Crippen molar-refractivity contribution < 1.29 is 4.74 Å². The molecule has 0 aliphatic heterocycles. The number of para-hydroxylation sites is 1. The summed E-state index contributed by atoms with van der Waals surface area (Å²) in [6.07, 6.45) is 5.08. The number of nitrogens with one attached hydrogen (secondary N) is 2. The van der Waals surface area contributed by atoms with Gasteiger partial charge in [-0.05, 0) is 39.7 Å². The van der Waals surface area contributed by atoms with E-state index < -0.39 is 5.41 Å². The van der Waals surface area contributed by atoms with E-state index in [0.29, 0.717) is 25.5 Å². The number of ether oxygens (including phenoxy) is 1. The van der Waals surface area contributed by atoms with E-state index in [0.717, 1.165) is 64.8 Å². The molecule has 1 aromatic carbocycles. The summed E-state index contributed by atoms with van der Waals surface area (Å²) in [7, 11) is 0. The Morgan fingerprint density at radius 3 is 2.46 bits per heavy atom. The minimum absolute atomic E-state index is 0.0800. The molecular weight excluding hydrogens is 484 g/mol. The maximum absolute atomic E-state index is 9.77. The van der Waals surface area contributed by atoms with Crippen LogP contribution >= 0.6 is 0 Å². The van der Waals surface area contributed by atoms with Gasteiger partial charge in [0.05, 0.1) is 35.2 Å². The van der Waals surface area contributed by atoms with Crippen molar-refractivity contribution in [1.29, 1.82) is 5.26 Å². The van der Waals surface area contributed by atoms with E-state index in [4.69, 9.17) is 14.7 Å². The maximum Gasteiger partial charge on any atom is 0.159 e. The van der Waals surface area contributed by atoms with Crippen molar-refractivity contribution in [2.24, 2.45) is 5.41 Å². The van der Waals surface area contributed by atoms with Crippen LogP contribution in [-0.2, 0) is 17.7 Å². The Bertz CT molecular complexity index is 1280. The van der Waals surface area contributed by atoms with E-state index >= 15 is 0 Å². The highest BCUT2D eigenvalue weighted by Crippen LogP contribution is 2.33. The van der Waals surface area contributed by atoms with Gasteiger partial charge >= 0.3 is 0 Å². The second-order valence-corrected chi connectivity index (χ2v) is 10.7. The fraction of sp³-hybridized carbons (Fsp3) is 0.531. The van der Waals surface area contributed by atoms with Crippen molar-refractivity contribution in [2.75, 3.05) is 18.5 Å². The lowest BCUT2D eigenvalue weighted by atomic mass is 9.95. The standard InChI is InChI=1S/C29H40N6O.C3H8/c1-8-10-15-25-34-26-27(35(25)19-29(6,7)18-30)23-13-11-12-14-24(23)33-28(26)32-20(3)17-31-21(4)22(5)36-16-9-2;1-3-2/h11-14,22,31H,3-4,8-10,15-17,19H2,1-2,5-7H3,(H,32,33);3H2,1-2H3. The number of hydrogen-bond donors (Lipinski definition) is 2. The zero-order valence-corrected chi connectivity index (χ0v) is 25.2. The number of unbranched alkanes of at least 4 members (excludes halogenated alkanes) is 1. The molecule has 7 nitrogen and oxygen atoms in total. The largest absolute Gasteiger partial charge is 0.381 e. The molecule has 39 heavy (non-hydrogen) atoms. The molecule has 0 amide bonds. The number of aryl methyl sites for hydroxylation is 1. The van der Waals surface area contributed by atoms with E-state index in [1.165, 1.54) is 6.42 Å². The van der Waals surface area contributed by atoms with Crippen LogP contribution in [0.1, 0.15) is 80.0 Å². The fourth-order valence-electron chi connectivity index (χ4n) is 4.07. The second-order valence-electron chi connectivity index (χ2n) is 10.7. The lowest BCUT2D eigenvalue weighted by Gasteiger charge is -2.20. The lowest BCUT2D eigenvalue weighted by Crippen LogP contribution is -2.27. The molecule has 0 bridgehead atoms. The first kappa shape index (κ1) is 31.8. The van der Waals surface area contributed by atoms with Crippen LogP contribution in [0.25, 0.3) is 21.9 Å². The van der Waals surface area contributed by atoms with E-state index in [1.54, 1.807) is 0 Å². The molecule has 0 aliphatic rings. The molecule has 3 rings (SSSR count). The molecule has 2 N–H and O–H groups in total. The molecule has 212 valence electrons. The predicted octanol–water partition coefficient (Wildman–Crippen LogP) is 7.74. The molecule has 0 saturated heterocycles. The van der Waals surface area contributed by atoms with Gasteiger partial charge in [0.25, 0.3) is 0 Å².